The van der Waals surface area contributed by atoms with E-state index in [0.717, 1.165) is 19.5 Å². The van der Waals surface area contributed by atoms with Crippen molar-refractivity contribution in [3.8, 4) is 0 Å². The molecule has 1 rings (SSSR count). The van der Waals surface area contributed by atoms with Crippen molar-refractivity contribution in [2.75, 3.05) is 27.2 Å². The maximum absolute atomic E-state index is 11.2. The highest BCUT2D eigenvalue weighted by molar-refractivity contribution is 5.70. The molecule has 0 aromatic heterocycles. The summed E-state index contributed by atoms with van der Waals surface area (Å²) in [7, 11) is 3.99. The zero-order valence-electron chi connectivity index (χ0n) is 10.6. The van der Waals surface area contributed by atoms with Crippen molar-refractivity contribution < 1.29 is 9.90 Å². The molecule has 2 N–H and O–H groups in total. The molecule has 1 heterocycles. The Morgan fingerprint density at radius 3 is 2.75 bits per heavy atom. The van der Waals surface area contributed by atoms with E-state index in [1.165, 1.54) is 6.42 Å². The summed E-state index contributed by atoms with van der Waals surface area (Å²) in [5, 5.41) is 12.4. The van der Waals surface area contributed by atoms with Gasteiger partial charge in [0.2, 0.25) is 0 Å². The first-order chi connectivity index (χ1) is 7.60. The second-order valence-electron chi connectivity index (χ2n) is 4.83. The zero-order valence-corrected chi connectivity index (χ0v) is 10.6. The molecule has 3 atom stereocenters. The first-order valence-corrected chi connectivity index (χ1v) is 6.18. The molecule has 0 aromatic carbocycles. The van der Waals surface area contributed by atoms with Crippen molar-refractivity contribution in [2.45, 2.75) is 32.2 Å². The molecule has 1 saturated heterocycles. The van der Waals surface area contributed by atoms with E-state index in [2.05, 4.69) is 17.3 Å². The minimum Gasteiger partial charge on any atom is -0.481 e. The van der Waals surface area contributed by atoms with Gasteiger partial charge in [0.25, 0.3) is 0 Å². The van der Waals surface area contributed by atoms with E-state index in [9.17, 15) is 9.90 Å². The Hall–Kier alpha value is -0.610. The Balaban J connectivity index is 2.67. The van der Waals surface area contributed by atoms with Crippen LogP contribution in [0.3, 0.4) is 0 Å². The molecule has 1 aliphatic rings. The van der Waals surface area contributed by atoms with Gasteiger partial charge < -0.3 is 15.3 Å². The molecule has 0 aliphatic carbocycles. The van der Waals surface area contributed by atoms with E-state index in [0.29, 0.717) is 12.3 Å². The number of piperidine rings is 1. The summed E-state index contributed by atoms with van der Waals surface area (Å²) in [6.45, 7) is 4.10. The Morgan fingerprint density at radius 1 is 1.62 bits per heavy atom. The van der Waals surface area contributed by atoms with Gasteiger partial charge in [-0.25, -0.2) is 0 Å². The third kappa shape index (κ3) is 3.19. The lowest BCUT2D eigenvalue weighted by molar-refractivity contribution is -0.143. The summed E-state index contributed by atoms with van der Waals surface area (Å²) in [6, 6.07) is 0.102. The van der Waals surface area contributed by atoms with Crippen LogP contribution in [0.1, 0.15) is 26.2 Å². The maximum atomic E-state index is 11.2. The molecule has 4 heteroatoms. The van der Waals surface area contributed by atoms with E-state index in [1.807, 2.05) is 14.0 Å². The SMILES string of the molecule is CCC(C(=O)O)C(NC)C1CCCN(C)C1. The van der Waals surface area contributed by atoms with Crippen molar-refractivity contribution in [1.82, 2.24) is 10.2 Å². The van der Waals surface area contributed by atoms with Crippen molar-refractivity contribution in [3.63, 3.8) is 0 Å². The molecule has 0 spiro atoms. The van der Waals surface area contributed by atoms with E-state index in [1.54, 1.807) is 0 Å². The molecule has 1 fully saturated rings. The van der Waals surface area contributed by atoms with E-state index in [-0.39, 0.29) is 12.0 Å². The van der Waals surface area contributed by atoms with Crippen LogP contribution < -0.4 is 5.32 Å². The molecule has 0 aromatic rings. The van der Waals surface area contributed by atoms with Crippen LogP contribution in [0, 0.1) is 11.8 Å². The van der Waals surface area contributed by atoms with Gasteiger partial charge in [0, 0.05) is 12.6 Å². The highest BCUT2D eigenvalue weighted by atomic mass is 16.4. The summed E-state index contributed by atoms with van der Waals surface area (Å²) in [5.41, 5.74) is 0. The van der Waals surface area contributed by atoms with Gasteiger partial charge in [0.05, 0.1) is 5.92 Å². The van der Waals surface area contributed by atoms with Crippen LogP contribution in [-0.2, 0) is 4.79 Å². The zero-order chi connectivity index (χ0) is 12.1. The first kappa shape index (κ1) is 13.5. The van der Waals surface area contributed by atoms with Gasteiger partial charge in [-0.3, -0.25) is 4.79 Å². The van der Waals surface area contributed by atoms with E-state index in [4.69, 9.17) is 0 Å². The topological polar surface area (TPSA) is 52.6 Å². The molecular formula is C12H24N2O2. The van der Waals surface area contributed by atoms with Crippen LogP contribution in [0.15, 0.2) is 0 Å². The van der Waals surface area contributed by atoms with Gasteiger partial charge in [-0.2, -0.15) is 0 Å². The summed E-state index contributed by atoms with van der Waals surface area (Å²) < 4.78 is 0. The third-order valence-corrected chi connectivity index (χ3v) is 3.69. The molecule has 0 radical (unpaired) electrons. The number of carboxylic acids is 1. The quantitative estimate of drug-likeness (QED) is 0.738. The monoisotopic (exact) mass is 228 g/mol. The standard InChI is InChI=1S/C12H24N2O2/c1-4-10(12(15)16)11(13-2)9-6-5-7-14(3)8-9/h9-11,13H,4-8H2,1-3H3,(H,15,16). The summed E-state index contributed by atoms with van der Waals surface area (Å²) >= 11 is 0. The van der Waals surface area contributed by atoms with Gasteiger partial charge in [-0.1, -0.05) is 6.92 Å². The number of hydrogen-bond acceptors (Lipinski definition) is 3. The van der Waals surface area contributed by atoms with Crippen molar-refractivity contribution in [2.24, 2.45) is 11.8 Å². The highest BCUT2D eigenvalue weighted by Gasteiger charge is 2.33. The average molecular weight is 228 g/mol. The van der Waals surface area contributed by atoms with Crippen LogP contribution in [0.25, 0.3) is 0 Å². The number of nitrogens with one attached hydrogen (secondary N) is 1. The maximum Gasteiger partial charge on any atom is 0.308 e. The number of likely N-dealkylation sites (tertiary alicyclic amines) is 1. The molecule has 16 heavy (non-hydrogen) atoms. The molecule has 3 unspecified atom stereocenters. The van der Waals surface area contributed by atoms with Gasteiger partial charge in [-0.05, 0) is 45.8 Å². The second-order valence-corrected chi connectivity index (χ2v) is 4.83. The van der Waals surface area contributed by atoms with Gasteiger partial charge >= 0.3 is 5.97 Å². The Morgan fingerprint density at radius 2 is 2.31 bits per heavy atom. The highest BCUT2D eigenvalue weighted by Crippen LogP contribution is 2.25. The molecule has 94 valence electrons. The molecule has 0 bridgehead atoms. The summed E-state index contributed by atoms with van der Waals surface area (Å²) in [4.78, 5) is 13.5. The fourth-order valence-corrected chi connectivity index (χ4v) is 2.85. The van der Waals surface area contributed by atoms with Crippen LogP contribution in [0.4, 0.5) is 0 Å². The van der Waals surface area contributed by atoms with Gasteiger partial charge in [-0.15, -0.1) is 0 Å². The Bertz CT molecular complexity index is 233. The number of nitrogens with zero attached hydrogens (tertiary/aromatic N) is 1. The lowest BCUT2D eigenvalue weighted by Crippen LogP contribution is -2.49. The predicted octanol–water partition coefficient (Wildman–Crippen LogP) is 1.03. The number of rotatable bonds is 5. The fourth-order valence-electron chi connectivity index (χ4n) is 2.85. The van der Waals surface area contributed by atoms with Crippen LogP contribution in [0.2, 0.25) is 0 Å². The smallest absolute Gasteiger partial charge is 0.308 e. The molecular weight excluding hydrogens is 204 g/mol. The minimum atomic E-state index is -0.671. The van der Waals surface area contributed by atoms with Crippen molar-refractivity contribution >= 4 is 5.97 Å². The number of aliphatic carboxylic acids is 1. The second kappa shape index (κ2) is 6.21. The fraction of sp³-hybridized carbons (Fsp3) is 0.917. The summed E-state index contributed by atoms with van der Waals surface area (Å²) in [5.74, 6) is -0.471. The van der Waals surface area contributed by atoms with Crippen LogP contribution in [0.5, 0.6) is 0 Å². The largest absolute Gasteiger partial charge is 0.481 e. The van der Waals surface area contributed by atoms with Gasteiger partial charge in [0.1, 0.15) is 0 Å². The van der Waals surface area contributed by atoms with Gasteiger partial charge in [0.15, 0.2) is 0 Å². The number of carboxylic acid groups (broad SMARTS) is 1. The Labute approximate surface area is 98.0 Å². The minimum absolute atomic E-state index is 0.102. The normalized spacial score (nSPS) is 26.3. The Kier molecular flexibility index (Phi) is 5.22. The van der Waals surface area contributed by atoms with Crippen molar-refractivity contribution in [1.29, 1.82) is 0 Å². The molecule has 0 saturated carbocycles. The van der Waals surface area contributed by atoms with E-state index < -0.39 is 5.97 Å². The molecule has 4 nitrogen and oxygen atoms in total. The number of carbonyl (C=O) groups is 1. The molecule has 1 aliphatic heterocycles. The van der Waals surface area contributed by atoms with Crippen molar-refractivity contribution in [3.05, 3.63) is 0 Å². The summed E-state index contributed by atoms with van der Waals surface area (Å²) in [6.07, 6.45) is 3.01. The molecule has 0 amide bonds. The third-order valence-electron chi connectivity index (χ3n) is 3.69. The van der Waals surface area contributed by atoms with Crippen LogP contribution in [-0.4, -0.2) is 49.2 Å². The lowest BCUT2D eigenvalue weighted by atomic mass is 9.82. The number of hydrogen-bond donors (Lipinski definition) is 2. The van der Waals surface area contributed by atoms with Crippen LogP contribution >= 0.6 is 0 Å². The lowest BCUT2D eigenvalue weighted by Gasteiger charge is -2.37. The first-order valence-electron chi connectivity index (χ1n) is 6.18. The average Bonchev–Trinajstić information content (AvgIpc) is 2.25. The van der Waals surface area contributed by atoms with E-state index >= 15 is 0 Å². The predicted molar refractivity (Wildman–Crippen MR) is 64.5 cm³/mol.